The van der Waals surface area contributed by atoms with Crippen LogP contribution < -0.4 is 0 Å². The highest BCUT2D eigenvalue weighted by molar-refractivity contribution is 5.49. The Balaban J connectivity index is 2.04. The summed E-state index contributed by atoms with van der Waals surface area (Å²) in [5.74, 6) is 1.68. The number of carbonyl (C=O) groups excluding carboxylic acids is 1. The maximum atomic E-state index is 10.0. The minimum absolute atomic E-state index is 0.699. The van der Waals surface area contributed by atoms with Crippen LogP contribution in [0.2, 0.25) is 0 Å². The van der Waals surface area contributed by atoms with E-state index in [1.54, 1.807) is 0 Å². The van der Waals surface area contributed by atoms with E-state index in [4.69, 9.17) is 0 Å². The maximum absolute atomic E-state index is 10.0. The zero-order chi connectivity index (χ0) is 8.27. The van der Waals surface area contributed by atoms with Crippen molar-refractivity contribution in [2.75, 3.05) is 19.6 Å². The van der Waals surface area contributed by atoms with Crippen LogP contribution in [0.3, 0.4) is 0 Å². The Labute approximate surface area is 68.6 Å². The summed E-state index contributed by atoms with van der Waals surface area (Å²) < 4.78 is 0. The monoisotopic (exact) mass is 155 g/mol. The van der Waals surface area contributed by atoms with Gasteiger partial charge in [-0.25, -0.2) is 0 Å². The molecule has 2 nitrogen and oxygen atoms in total. The van der Waals surface area contributed by atoms with Gasteiger partial charge in [-0.1, -0.05) is 13.8 Å². The first-order valence-corrected chi connectivity index (χ1v) is 4.40. The first kappa shape index (κ1) is 8.72. The van der Waals surface area contributed by atoms with Crippen LogP contribution in [0.1, 0.15) is 20.3 Å². The lowest BCUT2D eigenvalue weighted by molar-refractivity contribution is -0.108. The highest BCUT2D eigenvalue weighted by atomic mass is 16.1. The number of likely N-dealkylation sites (tertiary alicyclic amines) is 1. The number of hydrogen-bond acceptors (Lipinski definition) is 2. The molecule has 64 valence electrons. The second-order valence-electron chi connectivity index (χ2n) is 3.72. The van der Waals surface area contributed by atoms with E-state index in [1.807, 2.05) is 0 Å². The Morgan fingerprint density at radius 2 is 2.18 bits per heavy atom. The Hall–Kier alpha value is -0.370. The molecule has 0 unspecified atom stereocenters. The molecule has 1 fully saturated rings. The van der Waals surface area contributed by atoms with Crippen LogP contribution in [-0.2, 0) is 4.79 Å². The number of carbonyl (C=O) groups is 1. The molecule has 1 aliphatic rings. The third-order valence-electron chi connectivity index (χ3n) is 2.49. The van der Waals surface area contributed by atoms with E-state index in [1.165, 1.54) is 13.1 Å². The van der Waals surface area contributed by atoms with Gasteiger partial charge in [0.15, 0.2) is 0 Å². The molecule has 0 aromatic carbocycles. The fraction of sp³-hybridized carbons (Fsp3) is 0.889. The lowest BCUT2D eigenvalue weighted by atomic mass is 9.88. The SMILES string of the molecule is CC(C)C1CN(CCC=O)C1. The van der Waals surface area contributed by atoms with Gasteiger partial charge in [0, 0.05) is 26.1 Å². The van der Waals surface area contributed by atoms with Crippen LogP contribution in [-0.4, -0.2) is 30.8 Å². The molecule has 0 bridgehead atoms. The van der Waals surface area contributed by atoms with Gasteiger partial charge in [-0.2, -0.15) is 0 Å². The zero-order valence-electron chi connectivity index (χ0n) is 7.42. The van der Waals surface area contributed by atoms with Gasteiger partial charge in [0.25, 0.3) is 0 Å². The minimum Gasteiger partial charge on any atom is -0.303 e. The summed E-state index contributed by atoms with van der Waals surface area (Å²) in [6, 6.07) is 0. The predicted molar refractivity (Wildman–Crippen MR) is 45.4 cm³/mol. The number of hydrogen-bond donors (Lipinski definition) is 0. The van der Waals surface area contributed by atoms with E-state index in [-0.39, 0.29) is 0 Å². The second-order valence-corrected chi connectivity index (χ2v) is 3.72. The highest BCUT2D eigenvalue weighted by Gasteiger charge is 2.27. The highest BCUT2D eigenvalue weighted by Crippen LogP contribution is 2.22. The van der Waals surface area contributed by atoms with Crippen molar-refractivity contribution in [1.29, 1.82) is 0 Å². The summed E-state index contributed by atoms with van der Waals surface area (Å²) >= 11 is 0. The summed E-state index contributed by atoms with van der Waals surface area (Å²) in [4.78, 5) is 12.4. The second kappa shape index (κ2) is 3.86. The molecule has 1 saturated heterocycles. The normalized spacial score (nSPS) is 20.3. The van der Waals surface area contributed by atoms with Gasteiger partial charge in [-0.3, -0.25) is 0 Å². The molecular weight excluding hydrogens is 138 g/mol. The van der Waals surface area contributed by atoms with Crippen molar-refractivity contribution < 1.29 is 4.79 Å². The molecule has 1 rings (SSSR count). The Bertz CT molecular complexity index is 128. The van der Waals surface area contributed by atoms with E-state index >= 15 is 0 Å². The van der Waals surface area contributed by atoms with Crippen LogP contribution in [0, 0.1) is 11.8 Å². The maximum Gasteiger partial charge on any atom is 0.121 e. The molecule has 0 aromatic heterocycles. The van der Waals surface area contributed by atoms with Gasteiger partial charge in [0.2, 0.25) is 0 Å². The molecule has 0 atom stereocenters. The van der Waals surface area contributed by atoms with Gasteiger partial charge in [0.1, 0.15) is 6.29 Å². The van der Waals surface area contributed by atoms with E-state index in [2.05, 4.69) is 18.7 Å². The molecule has 0 radical (unpaired) electrons. The van der Waals surface area contributed by atoms with Gasteiger partial charge in [-0.15, -0.1) is 0 Å². The van der Waals surface area contributed by atoms with E-state index in [0.717, 1.165) is 24.7 Å². The summed E-state index contributed by atoms with van der Waals surface area (Å²) in [6.07, 6.45) is 1.70. The standard InChI is InChI=1S/C9H17NO/c1-8(2)9-6-10(7-9)4-3-5-11/h5,8-9H,3-4,6-7H2,1-2H3. The van der Waals surface area contributed by atoms with Crippen LogP contribution in [0.25, 0.3) is 0 Å². The predicted octanol–water partition coefficient (Wildman–Crippen LogP) is 1.16. The van der Waals surface area contributed by atoms with Gasteiger partial charge < -0.3 is 9.69 Å². The minimum atomic E-state index is 0.699. The average molecular weight is 155 g/mol. The number of nitrogens with zero attached hydrogens (tertiary/aromatic N) is 1. The third kappa shape index (κ3) is 2.29. The summed E-state index contributed by atoms with van der Waals surface area (Å²) in [5.41, 5.74) is 0. The average Bonchev–Trinajstić information content (AvgIpc) is 1.84. The Kier molecular flexibility index (Phi) is 3.06. The quantitative estimate of drug-likeness (QED) is 0.568. The van der Waals surface area contributed by atoms with Crippen LogP contribution >= 0.6 is 0 Å². The summed E-state index contributed by atoms with van der Waals surface area (Å²) in [7, 11) is 0. The summed E-state index contributed by atoms with van der Waals surface area (Å²) in [6.45, 7) is 7.90. The van der Waals surface area contributed by atoms with Gasteiger partial charge in [0.05, 0.1) is 0 Å². The number of aldehydes is 1. The van der Waals surface area contributed by atoms with Crippen molar-refractivity contribution in [3.05, 3.63) is 0 Å². The topological polar surface area (TPSA) is 20.3 Å². The van der Waals surface area contributed by atoms with E-state index < -0.39 is 0 Å². The zero-order valence-corrected chi connectivity index (χ0v) is 7.42. The van der Waals surface area contributed by atoms with Gasteiger partial charge >= 0.3 is 0 Å². The van der Waals surface area contributed by atoms with E-state index in [9.17, 15) is 4.79 Å². The van der Waals surface area contributed by atoms with Crippen molar-refractivity contribution in [1.82, 2.24) is 4.90 Å². The lowest BCUT2D eigenvalue weighted by Crippen LogP contribution is -2.49. The third-order valence-corrected chi connectivity index (χ3v) is 2.49. The van der Waals surface area contributed by atoms with Crippen molar-refractivity contribution >= 4 is 6.29 Å². The molecular formula is C9H17NO. The molecule has 11 heavy (non-hydrogen) atoms. The molecule has 0 N–H and O–H groups in total. The smallest absolute Gasteiger partial charge is 0.121 e. The lowest BCUT2D eigenvalue weighted by Gasteiger charge is -2.41. The molecule has 2 heteroatoms. The molecule has 1 heterocycles. The molecule has 1 aliphatic heterocycles. The first-order chi connectivity index (χ1) is 5.24. The van der Waals surface area contributed by atoms with Crippen molar-refractivity contribution in [3.8, 4) is 0 Å². The first-order valence-electron chi connectivity index (χ1n) is 4.40. The molecule has 0 saturated carbocycles. The molecule has 0 amide bonds. The Morgan fingerprint density at radius 3 is 2.64 bits per heavy atom. The van der Waals surface area contributed by atoms with E-state index in [0.29, 0.717) is 6.42 Å². The van der Waals surface area contributed by atoms with Crippen LogP contribution in [0.15, 0.2) is 0 Å². The summed E-state index contributed by atoms with van der Waals surface area (Å²) in [5, 5.41) is 0. The van der Waals surface area contributed by atoms with Crippen molar-refractivity contribution in [3.63, 3.8) is 0 Å². The molecule has 0 aromatic rings. The van der Waals surface area contributed by atoms with Crippen LogP contribution in [0.5, 0.6) is 0 Å². The molecule has 0 aliphatic carbocycles. The number of rotatable bonds is 4. The fourth-order valence-corrected chi connectivity index (χ4v) is 1.45. The van der Waals surface area contributed by atoms with Gasteiger partial charge in [-0.05, 0) is 11.8 Å². The largest absolute Gasteiger partial charge is 0.303 e. The fourth-order valence-electron chi connectivity index (χ4n) is 1.45. The Morgan fingerprint density at radius 1 is 1.55 bits per heavy atom. The van der Waals surface area contributed by atoms with Crippen LogP contribution in [0.4, 0.5) is 0 Å². The van der Waals surface area contributed by atoms with Crippen molar-refractivity contribution in [2.45, 2.75) is 20.3 Å². The molecule has 0 spiro atoms. The van der Waals surface area contributed by atoms with Crippen molar-refractivity contribution in [2.24, 2.45) is 11.8 Å².